The maximum absolute atomic E-state index is 12.4. The second-order valence-corrected chi connectivity index (χ2v) is 10.6. The van der Waals surface area contributed by atoms with Gasteiger partial charge < -0.3 is 19.7 Å². The van der Waals surface area contributed by atoms with Gasteiger partial charge in [0, 0.05) is 13.1 Å². The van der Waals surface area contributed by atoms with E-state index in [0.717, 1.165) is 38.6 Å². The number of fused-ring (bicyclic) bond motifs is 1. The van der Waals surface area contributed by atoms with Gasteiger partial charge in [-0.15, -0.1) is 0 Å². The molecule has 0 atom stereocenters. The van der Waals surface area contributed by atoms with Crippen molar-refractivity contribution in [3.8, 4) is 6.07 Å². The van der Waals surface area contributed by atoms with Gasteiger partial charge >= 0.3 is 18.2 Å². The van der Waals surface area contributed by atoms with Crippen molar-refractivity contribution in [2.75, 3.05) is 32.2 Å². The number of imidazole rings is 1. The molecule has 2 aromatic heterocycles. The molecule has 0 unspecified atom stereocenters. The number of nitriles is 1. The summed E-state index contributed by atoms with van der Waals surface area (Å²) in [5.74, 6) is -2.01. The van der Waals surface area contributed by atoms with Crippen molar-refractivity contribution in [2.45, 2.75) is 71.1 Å². The zero-order valence-electron chi connectivity index (χ0n) is 22.7. The number of carboxylic acids is 1. The van der Waals surface area contributed by atoms with Crippen molar-refractivity contribution >= 4 is 29.0 Å². The molecule has 2 heterocycles. The lowest BCUT2D eigenvalue weighted by Crippen LogP contribution is -2.57. The van der Waals surface area contributed by atoms with E-state index in [1.54, 1.807) is 11.3 Å². The Labute approximate surface area is 224 Å². The summed E-state index contributed by atoms with van der Waals surface area (Å²) in [6.07, 6.45) is 0.837. The maximum atomic E-state index is 12.4. The minimum absolute atomic E-state index is 0.0116. The molecule has 39 heavy (non-hydrogen) atoms. The van der Waals surface area contributed by atoms with Crippen LogP contribution in [0, 0.1) is 17.2 Å². The molecular weight excluding hydrogens is 521 g/mol. The van der Waals surface area contributed by atoms with Crippen LogP contribution in [-0.2, 0) is 11.3 Å². The largest absolute Gasteiger partial charge is 0.490 e. The highest BCUT2D eigenvalue weighted by Gasteiger charge is 2.38. The summed E-state index contributed by atoms with van der Waals surface area (Å²) in [7, 11) is 4.04. The molecule has 0 radical (unpaired) electrons. The van der Waals surface area contributed by atoms with Crippen LogP contribution in [0.4, 0.5) is 23.8 Å². The number of anilines is 1. The van der Waals surface area contributed by atoms with E-state index in [2.05, 4.69) is 19.9 Å². The SMILES string of the molecule is CN(C)CCCn1cnc2c(N(CC3CCCC3)N(C(=O)O)C(C)(C)C)nc(C#N)nc21.O=C(O)C(F)(F)F. The molecule has 0 bridgehead atoms. The van der Waals surface area contributed by atoms with Crippen LogP contribution in [0.5, 0.6) is 0 Å². The number of alkyl halides is 3. The molecule has 0 saturated heterocycles. The molecule has 1 aliphatic rings. The number of hydrazine groups is 1. The lowest BCUT2D eigenvalue weighted by atomic mass is 10.1. The third kappa shape index (κ3) is 8.67. The summed E-state index contributed by atoms with van der Waals surface area (Å²) in [5.41, 5.74) is 0.367. The first kappa shape index (κ1) is 31.5. The van der Waals surface area contributed by atoms with Crippen LogP contribution in [0.2, 0.25) is 0 Å². The third-order valence-corrected chi connectivity index (χ3v) is 6.00. The van der Waals surface area contributed by atoms with Gasteiger partial charge in [0.15, 0.2) is 17.0 Å². The zero-order chi connectivity index (χ0) is 29.5. The minimum atomic E-state index is -5.08. The summed E-state index contributed by atoms with van der Waals surface area (Å²) in [5, 5.41) is 29.9. The van der Waals surface area contributed by atoms with E-state index >= 15 is 0 Å². The molecule has 216 valence electrons. The van der Waals surface area contributed by atoms with Crippen molar-refractivity contribution in [3.05, 3.63) is 12.2 Å². The summed E-state index contributed by atoms with van der Waals surface area (Å²) >= 11 is 0. The Balaban J connectivity index is 0.000000673. The van der Waals surface area contributed by atoms with Gasteiger partial charge in [-0.2, -0.15) is 28.4 Å². The Morgan fingerprint density at radius 1 is 1.15 bits per heavy atom. The fourth-order valence-electron chi connectivity index (χ4n) is 4.33. The number of carbonyl (C=O) groups is 2. The number of amides is 1. The Bertz CT molecular complexity index is 1180. The number of carboxylic acid groups (broad SMARTS) is 2. The molecule has 15 heteroatoms. The standard InChI is InChI=1S/C22H34N8O2.C2HF3O2/c1-22(2,3)30(21(31)32)29(14-16-9-6-7-10-16)20-18-19(25-17(13-23)26-20)28(15-24-18)12-8-11-27(4)5;3-2(4,5)1(6)7/h15-16H,6-12,14H2,1-5H3,(H,31,32);(H,6,7). The molecule has 2 N–H and O–H groups in total. The van der Waals surface area contributed by atoms with Crippen LogP contribution in [0.25, 0.3) is 11.2 Å². The first-order chi connectivity index (χ1) is 18.1. The van der Waals surface area contributed by atoms with Crippen molar-refractivity contribution in [2.24, 2.45) is 5.92 Å². The number of nitrogens with zero attached hydrogens (tertiary/aromatic N) is 8. The van der Waals surface area contributed by atoms with Crippen molar-refractivity contribution in [1.29, 1.82) is 5.26 Å². The molecule has 2 aromatic rings. The number of hydrogen-bond donors (Lipinski definition) is 2. The van der Waals surface area contributed by atoms with Crippen molar-refractivity contribution in [1.82, 2.24) is 29.4 Å². The number of aryl methyl sites for hydroxylation is 1. The van der Waals surface area contributed by atoms with Crippen molar-refractivity contribution in [3.63, 3.8) is 0 Å². The molecule has 12 nitrogen and oxygen atoms in total. The highest BCUT2D eigenvalue weighted by Crippen LogP contribution is 2.33. The Morgan fingerprint density at radius 3 is 2.21 bits per heavy atom. The second-order valence-electron chi connectivity index (χ2n) is 10.6. The summed E-state index contributed by atoms with van der Waals surface area (Å²) in [4.78, 5) is 36.8. The van der Waals surface area contributed by atoms with Gasteiger partial charge in [0.25, 0.3) is 0 Å². The van der Waals surface area contributed by atoms with E-state index in [0.29, 0.717) is 36.0 Å². The van der Waals surface area contributed by atoms with Gasteiger partial charge in [-0.05, 0) is 66.6 Å². The number of rotatable bonds is 8. The van der Waals surface area contributed by atoms with Crippen LogP contribution in [0.3, 0.4) is 0 Å². The molecule has 0 aromatic carbocycles. The highest BCUT2D eigenvalue weighted by atomic mass is 19.4. The van der Waals surface area contributed by atoms with Gasteiger partial charge in [0.1, 0.15) is 6.07 Å². The average molecular weight is 557 g/mol. The van der Waals surface area contributed by atoms with Gasteiger partial charge in [0.2, 0.25) is 5.82 Å². The van der Waals surface area contributed by atoms with E-state index in [1.807, 2.05) is 45.5 Å². The van der Waals surface area contributed by atoms with Crippen LogP contribution in [0.15, 0.2) is 6.33 Å². The van der Waals surface area contributed by atoms with E-state index in [-0.39, 0.29) is 5.82 Å². The van der Waals surface area contributed by atoms with Crippen molar-refractivity contribution < 1.29 is 33.0 Å². The molecule has 1 aliphatic carbocycles. The van der Waals surface area contributed by atoms with Gasteiger partial charge in [0.05, 0.1) is 11.9 Å². The average Bonchev–Trinajstić information content (AvgIpc) is 3.46. The zero-order valence-corrected chi connectivity index (χ0v) is 22.7. The number of aromatic nitrogens is 4. The monoisotopic (exact) mass is 556 g/mol. The normalized spacial score (nSPS) is 14.2. The lowest BCUT2D eigenvalue weighted by Gasteiger charge is -2.43. The fourth-order valence-corrected chi connectivity index (χ4v) is 4.33. The van der Waals surface area contributed by atoms with Crippen LogP contribution >= 0.6 is 0 Å². The summed E-state index contributed by atoms with van der Waals surface area (Å²) in [6.45, 7) is 7.67. The fraction of sp³-hybridized carbons (Fsp3) is 0.667. The minimum Gasteiger partial charge on any atom is -0.475 e. The van der Waals surface area contributed by atoms with Crippen LogP contribution in [0.1, 0.15) is 58.7 Å². The quantitative estimate of drug-likeness (QED) is 0.457. The van der Waals surface area contributed by atoms with E-state index < -0.39 is 23.8 Å². The molecule has 0 spiro atoms. The predicted molar refractivity (Wildman–Crippen MR) is 136 cm³/mol. The van der Waals surface area contributed by atoms with Crippen LogP contribution < -0.4 is 5.01 Å². The second kappa shape index (κ2) is 12.9. The molecular formula is C24H35F3N8O4. The van der Waals surface area contributed by atoms with E-state index in [4.69, 9.17) is 9.90 Å². The number of aliphatic carboxylic acids is 1. The lowest BCUT2D eigenvalue weighted by molar-refractivity contribution is -0.192. The molecule has 1 fully saturated rings. The number of halogens is 3. The molecule has 1 saturated carbocycles. The van der Waals surface area contributed by atoms with Crippen LogP contribution in [-0.4, -0.2) is 90.6 Å². The van der Waals surface area contributed by atoms with E-state index in [1.165, 1.54) is 5.01 Å². The third-order valence-electron chi connectivity index (χ3n) is 6.00. The predicted octanol–water partition coefficient (Wildman–Crippen LogP) is 3.97. The molecule has 0 aliphatic heterocycles. The van der Waals surface area contributed by atoms with Gasteiger partial charge in [-0.25, -0.2) is 19.6 Å². The molecule has 3 rings (SSSR count). The first-order valence-electron chi connectivity index (χ1n) is 12.4. The Morgan fingerprint density at radius 2 is 1.74 bits per heavy atom. The first-order valence-corrected chi connectivity index (χ1v) is 12.4. The van der Waals surface area contributed by atoms with E-state index in [9.17, 15) is 28.3 Å². The number of hydrogen-bond acceptors (Lipinski definition) is 8. The summed E-state index contributed by atoms with van der Waals surface area (Å²) in [6, 6.07) is 2.04. The van der Waals surface area contributed by atoms with Gasteiger partial charge in [-0.1, -0.05) is 12.8 Å². The Kier molecular flexibility index (Phi) is 10.5. The highest BCUT2D eigenvalue weighted by molar-refractivity contribution is 5.85. The topological polar surface area (TPSA) is 152 Å². The Hall–Kier alpha value is -3.67. The molecule has 1 amide bonds. The van der Waals surface area contributed by atoms with Gasteiger partial charge in [-0.3, -0.25) is 5.01 Å². The maximum Gasteiger partial charge on any atom is 0.490 e. The summed E-state index contributed by atoms with van der Waals surface area (Å²) < 4.78 is 33.7. The smallest absolute Gasteiger partial charge is 0.475 e.